The summed E-state index contributed by atoms with van der Waals surface area (Å²) >= 11 is 3.34. The van der Waals surface area contributed by atoms with Crippen LogP contribution < -0.4 is 9.47 Å². The third-order valence-corrected chi connectivity index (χ3v) is 10.2. The van der Waals surface area contributed by atoms with Gasteiger partial charge in [0.05, 0.1) is 22.2 Å². The van der Waals surface area contributed by atoms with Gasteiger partial charge in [-0.15, -0.1) is 0 Å². The first-order valence-electron chi connectivity index (χ1n) is 12.9. The maximum atomic E-state index is 11.1. The lowest BCUT2D eigenvalue weighted by atomic mass is 10.2. The van der Waals surface area contributed by atoms with Gasteiger partial charge < -0.3 is 4.90 Å². The molecule has 40 heavy (non-hydrogen) atoms. The van der Waals surface area contributed by atoms with E-state index in [0.717, 1.165) is 36.4 Å². The summed E-state index contributed by atoms with van der Waals surface area (Å²) in [6, 6.07) is 16.2. The highest BCUT2D eigenvalue weighted by molar-refractivity contribution is 8.03. The van der Waals surface area contributed by atoms with Gasteiger partial charge in [-0.3, -0.25) is 9.11 Å². The number of allylic oxidation sites excluding steroid dienone is 4. The number of nitrogens with zero attached hydrogens (tertiary/aromatic N) is 2. The summed E-state index contributed by atoms with van der Waals surface area (Å²) in [6.45, 7) is 3.32. The van der Waals surface area contributed by atoms with Crippen molar-refractivity contribution in [1.29, 1.82) is 0 Å². The van der Waals surface area contributed by atoms with Crippen LogP contribution in [0.3, 0.4) is 0 Å². The van der Waals surface area contributed by atoms with E-state index in [9.17, 15) is 16.8 Å². The highest BCUT2D eigenvalue weighted by Gasteiger charge is 2.24. The molecular weight excluding hydrogens is 589 g/mol. The molecule has 2 aromatic carbocycles. The first kappa shape index (κ1) is 30.5. The molecule has 2 heterocycles. The Morgan fingerprint density at radius 2 is 1.60 bits per heavy atom. The predicted molar refractivity (Wildman–Crippen MR) is 164 cm³/mol. The molecule has 0 fully saturated rings. The number of aromatic nitrogens is 1. The highest BCUT2D eigenvalue weighted by atomic mass is 32.2. The number of hydrogen-bond donors (Lipinski definition) is 2. The van der Waals surface area contributed by atoms with Gasteiger partial charge in [0.2, 0.25) is 5.52 Å². The largest absolute Gasteiger partial charge is 0.335 e. The number of anilines is 1. The van der Waals surface area contributed by atoms with Crippen molar-refractivity contribution in [3.63, 3.8) is 0 Å². The minimum Gasteiger partial charge on any atom is -0.335 e. The fraction of sp³-hybridized carbons (Fsp3) is 0.321. The summed E-state index contributed by atoms with van der Waals surface area (Å²) in [6.07, 6.45) is 10.3. The Labute approximate surface area is 244 Å². The minimum atomic E-state index is -3.96. The van der Waals surface area contributed by atoms with Gasteiger partial charge in [0, 0.05) is 30.0 Å². The van der Waals surface area contributed by atoms with E-state index in [4.69, 9.17) is 9.11 Å². The van der Waals surface area contributed by atoms with Gasteiger partial charge in [-0.1, -0.05) is 65.1 Å². The van der Waals surface area contributed by atoms with Crippen LogP contribution in [0.1, 0.15) is 37.6 Å². The zero-order valence-electron chi connectivity index (χ0n) is 22.1. The standard InChI is InChI=1S/C28H32N2O6S4/c1-22(14-16-27-29(18-6-8-20-39(31,32)33)23-10-2-4-12-25(23)37-27)15-17-28-30(19-7-9-21-40(34,35)36)24-11-3-5-13-26(24)38-28/h2-5,10-17H,6-9,18-21H2,1H3,(H-,31,32,33,34,35,36)/p+1. The van der Waals surface area contributed by atoms with Crippen LogP contribution in [-0.2, 0) is 26.8 Å². The van der Waals surface area contributed by atoms with Gasteiger partial charge >= 0.3 is 0 Å². The number of unbranched alkanes of at least 4 members (excludes halogenated alkanes) is 2. The second-order valence-corrected chi connectivity index (χ2v) is 14.8. The van der Waals surface area contributed by atoms with Crippen LogP contribution in [0.15, 0.2) is 82.3 Å². The summed E-state index contributed by atoms with van der Waals surface area (Å²) in [7, 11) is -7.92. The Morgan fingerprint density at radius 3 is 2.35 bits per heavy atom. The zero-order valence-corrected chi connectivity index (χ0v) is 25.4. The van der Waals surface area contributed by atoms with E-state index in [2.05, 4.69) is 58.0 Å². The maximum absolute atomic E-state index is 11.1. The third-order valence-electron chi connectivity index (χ3n) is 6.32. The number of hydrogen-bond acceptors (Lipinski definition) is 7. The lowest BCUT2D eigenvalue weighted by Crippen LogP contribution is -2.35. The van der Waals surface area contributed by atoms with Crippen LogP contribution in [0, 0.1) is 0 Å². The van der Waals surface area contributed by atoms with Gasteiger partial charge in [0.1, 0.15) is 4.70 Å². The van der Waals surface area contributed by atoms with Crippen LogP contribution in [0.4, 0.5) is 5.69 Å². The average molecular weight is 622 g/mol. The monoisotopic (exact) mass is 621 g/mol. The molecule has 0 saturated carbocycles. The minimum absolute atomic E-state index is 0.239. The van der Waals surface area contributed by atoms with E-state index >= 15 is 0 Å². The molecule has 1 aliphatic rings. The molecule has 214 valence electrons. The number of rotatable bonds is 13. The summed E-state index contributed by atoms with van der Waals surface area (Å²) in [5.74, 6) is -0.479. The first-order valence-corrected chi connectivity index (χ1v) is 17.8. The number of benzene rings is 2. The molecule has 2 N–H and O–H groups in total. The van der Waals surface area contributed by atoms with Crippen molar-refractivity contribution >= 4 is 65.3 Å². The molecule has 12 heteroatoms. The van der Waals surface area contributed by atoms with Crippen LogP contribution in [0.5, 0.6) is 0 Å². The topological polar surface area (TPSA) is 116 Å². The molecule has 0 radical (unpaired) electrons. The van der Waals surface area contributed by atoms with E-state index in [1.54, 1.807) is 23.1 Å². The first-order chi connectivity index (χ1) is 19.0. The second kappa shape index (κ2) is 13.5. The van der Waals surface area contributed by atoms with Gasteiger partial charge in [-0.2, -0.15) is 21.4 Å². The SMILES string of the molecule is CC(C=Cc1sc2ccccc2[n+]1CCCCS(=O)(=O)O)=CC=C1Sc2ccccc2N1CCCCS(=O)(=O)O. The number of thioether (sulfide) groups is 1. The summed E-state index contributed by atoms with van der Waals surface area (Å²) in [5, 5.41) is 2.10. The normalized spacial score (nSPS) is 15.5. The van der Waals surface area contributed by atoms with Crippen molar-refractivity contribution in [2.75, 3.05) is 23.0 Å². The lowest BCUT2D eigenvalue weighted by Gasteiger charge is -2.20. The lowest BCUT2D eigenvalue weighted by molar-refractivity contribution is -0.669. The van der Waals surface area contributed by atoms with Crippen LogP contribution in [-0.4, -0.2) is 44.0 Å². The van der Waals surface area contributed by atoms with Crippen LogP contribution in [0.25, 0.3) is 16.3 Å². The fourth-order valence-corrected chi connectivity index (χ4v) is 7.70. The Morgan fingerprint density at radius 1 is 0.925 bits per heavy atom. The van der Waals surface area contributed by atoms with E-state index in [0.29, 0.717) is 38.8 Å². The van der Waals surface area contributed by atoms with Crippen LogP contribution >= 0.6 is 23.1 Å². The smallest absolute Gasteiger partial charge is 0.264 e. The molecule has 0 saturated heterocycles. The van der Waals surface area contributed by atoms with Gasteiger partial charge in [-0.25, -0.2) is 0 Å². The van der Waals surface area contributed by atoms with Crippen molar-refractivity contribution < 1.29 is 30.5 Å². The predicted octanol–water partition coefficient (Wildman–Crippen LogP) is 5.94. The number of fused-ring (bicyclic) bond motifs is 2. The molecule has 1 aromatic heterocycles. The molecule has 8 nitrogen and oxygen atoms in total. The number of thiazole rings is 1. The van der Waals surface area contributed by atoms with Gasteiger partial charge in [-0.05, 0) is 50.5 Å². The molecule has 4 rings (SSSR count). The highest BCUT2D eigenvalue weighted by Crippen LogP contribution is 2.45. The van der Waals surface area contributed by atoms with Gasteiger partial charge in [0.15, 0.2) is 6.54 Å². The Bertz CT molecular complexity index is 1660. The van der Waals surface area contributed by atoms with E-state index < -0.39 is 20.2 Å². The quantitative estimate of drug-likeness (QED) is 0.104. The Balaban J connectivity index is 1.49. The van der Waals surface area contributed by atoms with E-state index in [-0.39, 0.29) is 11.5 Å². The van der Waals surface area contributed by atoms with Gasteiger partial charge in [0.25, 0.3) is 25.2 Å². The molecule has 0 aliphatic carbocycles. The van der Waals surface area contributed by atoms with Crippen molar-refractivity contribution in [3.8, 4) is 0 Å². The zero-order chi connectivity index (χ0) is 28.8. The molecule has 0 amide bonds. The summed E-state index contributed by atoms with van der Waals surface area (Å²) in [5.41, 5.74) is 3.23. The molecule has 0 unspecified atom stereocenters. The number of para-hydroxylation sites is 2. The molecule has 0 spiro atoms. The second-order valence-electron chi connectivity index (χ2n) is 9.52. The Hall–Kier alpha value is -2.48. The van der Waals surface area contributed by atoms with Crippen LogP contribution in [0.2, 0.25) is 0 Å². The van der Waals surface area contributed by atoms with Crippen molar-refractivity contribution in [1.82, 2.24) is 0 Å². The molecule has 1 aliphatic heterocycles. The van der Waals surface area contributed by atoms with Crippen molar-refractivity contribution in [3.05, 3.63) is 82.4 Å². The number of aryl methyl sites for hydroxylation is 1. The maximum Gasteiger partial charge on any atom is 0.264 e. The van der Waals surface area contributed by atoms with E-state index in [1.807, 2.05) is 31.2 Å². The Kier molecular flexibility index (Phi) is 10.3. The summed E-state index contributed by atoms with van der Waals surface area (Å²) < 4.78 is 65.7. The van der Waals surface area contributed by atoms with Crippen molar-refractivity contribution in [2.24, 2.45) is 0 Å². The molecule has 0 bridgehead atoms. The molecule has 0 atom stereocenters. The molecule has 3 aromatic rings. The van der Waals surface area contributed by atoms with Crippen molar-refractivity contribution in [2.45, 2.75) is 44.0 Å². The van der Waals surface area contributed by atoms with E-state index in [1.165, 1.54) is 0 Å². The average Bonchev–Trinajstić information content (AvgIpc) is 3.43. The fourth-order valence-electron chi connectivity index (χ4n) is 4.38. The molecular formula is C28H33N2O6S4+. The third kappa shape index (κ3) is 8.76. The summed E-state index contributed by atoms with van der Waals surface area (Å²) in [4.78, 5) is 3.33.